The molecule has 1 saturated heterocycles. The summed E-state index contributed by atoms with van der Waals surface area (Å²) in [6.07, 6.45) is 1.37. The van der Waals surface area contributed by atoms with Gasteiger partial charge in [0.2, 0.25) is 10.0 Å². The Kier molecular flexibility index (Phi) is 8.09. The van der Waals surface area contributed by atoms with Gasteiger partial charge in [-0.2, -0.15) is 5.10 Å². The fraction of sp³-hybridized carbons (Fsp3) is 0.276. The number of benzene rings is 3. The summed E-state index contributed by atoms with van der Waals surface area (Å²) in [4.78, 5) is 0. The number of nitrogens with zero attached hydrogens (tertiary/aromatic N) is 2. The average molecular weight is 604 g/mol. The molecule has 0 radical (unpaired) electrons. The normalized spacial score (nSPS) is 22.9. The zero-order valence-electron chi connectivity index (χ0n) is 22.0. The molecule has 1 fully saturated rings. The van der Waals surface area contributed by atoms with Gasteiger partial charge in [-0.1, -0.05) is 42.5 Å². The monoisotopic (exact) mass is 603 g/mol. The van der Waals surface area contributed by atoms with Crippen LogP contribution in [0.5, 0.6) is 0 Å². The van der Waals surface area contributed by atoms with E-state index >= 15 is 0 Å². The summed E-state index contributed by atoms with van der Waals surface area (Å²) in [7, 11) is -7.62. The molecule has 7 nitrogen and oxygen atoms in total. The first kappa shape index (κ1) is 29.0. The molecule has 3 unspecified atom stereocenters. The molecule has 0 amide bonds. The minimum absolute atomic E-state index is 0.0768. The van der Waals surface area contributed by atoms with E-state index in [2.05, 4.69) is 9.82 Å². The van der Waals surface area contributed by atoms with Crippen LogP contribution in [-0.2, 0) is 26.3 Å². The van der Waals surface area contributed by atoms with Crippen LogP contribution in [0.2, 0.25) is 0 Å². The maximum absolute atomic E-state index is 15.0. The molecule has 0 aliphatic carbocycles. The van der Waals surface area contributed by atoms with Crippen molar-refractivity contribution in [1.29, 1.82) is 0 Å². The molecular weight excluding hydrogens is 575 g/mol. The minimum Gasteiger partial charge on any atom is -0.258 e. The van der Waals surface area contributed by atoms with Crippen molar-refractivity contribution in [3.8, 4) is 0 Å². The Balaban J connectivity index is 1.50. The van der Waals surface area contributed by atoms with Gasteiger partial charge in [0.15, 0.2) is 15.7 Å². The van der Waals surface area contributed by atoms with E-state index in [1.165, 1.54) is 35.4 Å². The third-order valence-electron chi connectivity index (χ3n) is 7.28. The molecule has 2 heterocycles. The second-order valence-corrected chi connectivity index (χ2v) is 14.1. The van der Waals surface area contributed by atoms with Crippen LogP contribution in [-0.4, -0.2) is 40.1 Å². The lowest BCUT2D eigenvalue weighted by molar-refractivity contribution is 0.375. The van der Waals surface area contributed by atoms with E-state index in [1.54, 1.807) is 37.3 Å². The molecular formula is C29H28F3N3O4S2. The van der Waals surface area contributed by atoms with Gasteiger partial charge in [0, 0.05) is 23.4 Å². The zero-order chi connectivity index (χ0) is 29.4. The molecule has 2 aliphatic heterocycles. The summed E-state index contributed by atoms with van der Waals surface area (Å²) in [6.45, 7) is 1.69. The molecule has 2 aliphatic rings. The van der Waals surface area contributed by atoms with Crippen LogP contribution < -0.4 is 9.73 Å². The molecule has 4 atom stereocenters. The van der Waals surface area contributed by atoms with Crippen LogP contribution >= 0.6 is 0 Å². The van der Waals surface area contributed by atoms with Crippen molar-refractivity contribution in [2.24, 2.45) is 16.9 Å². The highest BCUT2D eigenvalue weighted by molar-refractivity contribution is 7.92. The summed E-state index contributed by atoms with van der Waals surface area (Å²) < 4.78 is 97.1. The topological polar surface area (TPSA) is 95.9 Å². The predicted octanol–water partition coefficient (Wildman–Crippen LogP) is 4.75. The van der Waals surface area contributed by atoms with Gasteiger partial charge in [0.05, 0.1) is 28.9 Å². The van der Waals surface area contributed by atoms with Gasteiger partial charge in [0.1, 0.15) is 11.6 Å². The molecule has 0 aromatic heterocycles. The SMILES string of the molecule is C[C@H](NS(=O)(=O)/C=C/C1=NN(c2ccc(F)cc2F)C2C(Cc3cccc(F)c3)CS(=O)(=O)CC12)c1ccccc1. The van der Waals surface area contributed by atoms with Crippen molar-refractivity contribution in [2.75, 3.05) is 16.5 Å². The Morgan fingerprint density at radius 2 is 1.73 bits per heavy atom. The maximum Gasteiger partial charge on any atom is 0.234 e. The smallest absolute Gasteiger partial charge is 0.234 e. The van der Waals surface area contributed by atoms with E-state index in [-0.39, 0.29) is 29.3 Å². The van der Waals surface area contributed by atoms with Gasteiger partial charge < -0.3 is 0 Å². The molecule has 1 N–H and O–H groups in total. The number of fused-ring (bicyclic) bond motifs is 1. The average Bonchev–Trinajstić information content (AvgIpc) is 3.25. The van der Waals surface area contributed by atoms with Crippen LogP contribution in [0.4, 0.5) is 18.9 Å². The molecule has 12 heteroatoms. The quantitative estimate of drug-likeness (QED) is 0.401. The molecule has 0 saturated carbocycles. The maximum atomic E-state index is 15.0. The third kappa shape index (κ3) is 6.71. The summed E-state index contributed by atoms with van der Waals surface area (Å²) >= 11 is 0. The molecule has 3 aromatic rings. The van der Waals surface area contributed by atoms with Crippen LogP contribution in [0.15, 0.2) is 89.4 Å². The van der Waals surface area contributed by atoms with Gasteiger partial charge in [-0.3, -0.25) is 5.01 Å². The van der Waals surface area contributed by atoms with E-state index in [9.17, 15) is 30.0 Å². The first-order chi connectivity index (χ1) is 19.4. The summed E-state index contributed by atoms with van der Waals surface area (Å²) in [6, 6.07) is 16.5. The first-order valence-corrected chi connectivity index (χ1v) is 16.3. The van der Waals surface area contributed by atoms with Gasteiger partial charge in [-0.05, 0) is 60.7 Å². The van der Waals surface area contributed by atoms with Crippen molar-refractivity contribution in [2.45, 2.75) is 25.4 Å². The Labute approximate surface area is 237 Å². The molecule has 0 bridgehead atoms. The van der Waals surface area contributed by atoms with Crippen LogP contribution in [0.1, 0.15) is 24.1 Å². The van der Waals surface area contributed by atoms with E-state index < -0.39 is 61.2 Å². The summed E-state index contributed by atoms with van der Waals surface area (Å²) in [5.41, 5.74) is 1.35. The number of halogens is 3. The highest BCUT2D eigenvalue weighted by atomic mass is 32.2. The van der Waals surface area contributed by atoms with Crippen molar-refractivity contribution < 1.29 is 30.0 Å². The van der Waals surface area contributed by atoms with Gasteiger partial charge in [-0.15, -0.1) is 0 Å². The highest BCUT2D eigenvalue weighted by Crippen LogP contribution is 2.40. The van der Waals surface area contributed by atoms with Crippen molar-refractivity contribution in [1.82, 2.24) is 4.72 Å². The number of hydrazone groups is 1. The second-order valence-electron chi connectivity index (χ2n) is 10.3. The lowest BCUT2D eigenvalue weighted by Crippen LogP contribution is -2.50. The highest BCUT2D eigenvalue weighted by Gasteiger charge is 2.49. The number of hydrogen-bond acceptors (Lipinski definition) is 6. The molecule has 3 aromatic carbocycles. The number of rotatable bonds is 8. The van der Waals surface area contributed by atoms with E-state index in [1.807, 2.05) is 6.07 Å². The number of hydrogen-bond donors (Lipinski definition) is 1. The van der Waals surface area contributed by atoms with E-state index in [4.69, 9.17) is 0 Å². The molecule has 0 spiro atoms. The standard InChI is InChI=1S/C29H28F3N3O4S2/c1-19(21-7-3-2-4-8-21)34-41(38,39)13-12-27-25-18-40(36,37)17-22(14-20-6-5-9-23(30)15-20)29(25)35(33-27)28-11-10-24(31)16-26(28)32/h2-13,15-16,19,22,25,29,34H,14,17-18H2,1H3/b13-12+/t19-,22?,25?,29?/m0/s1. The van der Waals surface area contributed by atoms with Gasteiger partial charge >= 0.3 is 0 Å². The lowest BCUT2D eigenvalue weighted by Gasteiger charge is -2.38. The number of allylic oxidation sites excluding steroid dienone is 1. The fourth-order valence-corrected chi connectivity index (χ4v) is 8.57. The Bertz CT molecular complexity index is 1710. The third-order valence-corrected chi connectivity index (χ3v) is 10.3. The van der Waals surface area contributed by atoms with E-state index in [0.29, 0.717) is 11.6 Å². The van der Waals surface area contributed by atoms with Crippen LogP contribution in [0.25, 0.3) is 0 Å². The van der Waals surface area contributed by atoms with Gasteiger partial charge in [0.25, 0.3) is 0 Å². The number of anilines is 1. The van der Waals surface area contributed by atoms with Crippen molar-refractivity contribution in [3.63, 3.8) is 0 Å². The Morgan fingerprint density at radius 1 is 1.00 bits per heavy atom. The van der Waals surface area contributed by atoms with Crippen LogP contribution in [0.3, 0.4) is 0 Å². The minimum atomic E-state index is -3.99. The first-order valence-electron chi connectivity index (χ1n) is 12.9. The number of nitrogens with one attached hydrogen (secondary N) is 1. The van der Waals surface area contributed by atoms with Crippen molar-refractivity contribution >= 4 is 31.3 Å². The Hall–Kier alpha value is -3.48. The van der Waals surface area contributed by atoms with Crippen LogP contribution in [0, 0.1) is 29.3 Å². The van der Waals surface area contributed by atoms with Crippen molar-refractivity contribution in [3.05, 3.63) is 113 Å². The van der Waals surface area contributed by atoms with E-state index in [0.717, 1.165) is 17.0 Å². The lowest BCUT2D eigenvalue weighted by atomic mass is 9.83. The molecule has 216 valence electrons. The summed E-state index contributed by atoms with van der Waals surface area (Å²) in [5, 5.41) is 6.70. The largest absolute Gasteiger partial charge is 0.258 e. The second kappa shape index (κ2) is 11.4. The molecule has 5 rings (SSSR count). The summed E-state index contributed by atoms with van der Waals surface area (Å²) in [5.74, 6) is -4.23. The number of sulfone groups is 1. The fourth-order valence-electron chi connectivity index (χ4n) is 5.53. The Morgan fingerprint density at radius 3 is 2.44 bits per heavy atom. The molecule has 41 heavy (non-hydrogen) atoms. The predicted molar refractivity (Wildman–Crippen MR) is 152 cm³/mol. The number of sulfonamides is 1. The van der Waals surface area contributed by atoms with Gasteiger partial charge in [-0.25, -0.2) is 34.7 Å². The zero-order valence-corrected chi connectivity index (χ0v) is 23.6.